The third-order valence-electron chi connectivity index (χ3n) is 3.91. The number of nitrogens with one attached hydrogen (secondary N) is 1. The molecular weight excluding hydrogens is 388 g/mol. The van der Waals surface area contributed by atoms with Gasteiger partial charge in [-0.05, 0) is 30.3 Å². The molecule has 0 radical (unpaired) electrons. The summed E-state index contributed by atoms with van der Waals surface area (Å²) in [5.74, 6) is 1.03. The van der Waals surface area contributed by atoms with Gasteiger partial charge in [0.15, 0.2) is 0 Å². The van der Waals surface area contributed by atoms with Crippen molar-refractivity contribution in [3.63, 3.8) is 0 Å². The molecule has 2 heterocycles. The molecule has 8 heteroatoms. The maximum absolute atomic E-state index is 13.1. The quantitative estimate of drug-likeness (QED) is 0.626. The number of anilines is 2. The summed E-state index contributed by atoms with van der Waals surface area (Å²) in [4.78, 5) is 21.2. The van der Waals surface area contributed by atoms with Gasteiger partial charge in [0.25, 0.3) is 0 Å². The number of rotatable bonds is 4. The molecule has 1 amide bonds. The lowest BCUT2D eigenvalue weighted by Crippen LogP contribution is -2.30. The average Bonchev–Trinajstić information content (AvgIpc) is 3.12. The molecule has 0 saturated carbocycles. The minimum atomic E-state index is -0.0332. The highest BCUT2D eigenvalue weighted by atomic mass is 35.5. The van der Waals surface area contributed by atoms with Crippen LogP contribution in [0.25, 0.3) is 0 Å². The maximum atomic E-state index is 13.1. The largest absolute Gasteiger partial charge is 0.278 e. The Morgan fingerprint density at radius 2 is 2.04 bits per heavy atom. The molecule has 132 valence electrons. The fraction of sp³-hybridized carbons (Fsp3) is 0.167. The lowest BCUT2D eigenvalue weighted by Gasteiger charge is -2.31. The zero-order valence-corrected chi connectivity index (χ0v) is 16.3. The van der Waals surface area contributed by atoms with Crippen molar-refractivity contribution in [2.24, 2.45) is 0 Å². The molecular formula is C18H15ClN4OS2. The van der Waals surface area contributed by atoms with Crippen LogP contribution in [-0.4, -0.2) is 26.8 Å². The second-order valence-corrected chi connectivity index (χ2v) is 8.08. The van der Waals surface area contributed by atoms with E-state index in [2.05, 4.69) is 15.2 Å². The highest BCUT2D eigenvalue weighted by Gasteiger charge is 2.28. The van der Waals surface area contributed by atoms with E-state index < -0.39 is 0 Å². The van der Waals surface area contributed by atoms with E-state index in [9.17, 15) is 4.79 Å². The molecule has 0 aliphatic carbocycles. The van der Waals surface area contributed by atoms with Gasteiger partial charge in [0, 0.05) is 21.2 Å². The number of H-pyrrole nitrogens is 1. The van der Waals surface area contributed by atoms with Crippen LogP contribution in [0.4, 0.5) is 11.4 Å². The molecule has 0 unspecified atom stereocenters. The van der Waals surface area contributed by atoms with E-state index in [4.69, 9.17) is 11.6 Å². The first-order chi connectivity index (χ1) is 12.7. The third-order valence-corrected chi connectivity index (χ3v) is 6.11. The molecule has 4 rings (SSSR count). The van der Waals surface area contributed by atoms with Crippen LogP contribution >= 0.6 is 35.1 Å². The summed E-state index contributed by atoms with van der Waals surface area (Å²) in [6.07, 6.45) is 0.782. The number of halogens is 1. The fourth-order valence-electron chi connectivity index (χ4n) is 2.69. The molecule has 5 nitrogen and oxygen atoms in total. The lowest BCUT2D eigenvalue weighted by atomic mass is 10.2. The SMILES string of the molecule is CCc1nc(SCC(=O)N2c3ccccc3Sc3ccc(Cl)cc32)n[nH]1. The standard InChI is InChI=1S/C18H15ClN4OS2/c1-2-16-20-18(22-21-16)25-10-17(24)23-12-5-3-4-6-14(12)26-15-8-7-11(19)9-13(15)23/h3-9H,2,10H2,1H3,(H,20,21,22). The maximum Gasteiger partial charge on any atom is 0.242 e. The Hall–Kier alpha value is -1.96. The molecule has 0 fully saturated rings. The number of aryl methyl sites for hydroxylation is 1. The van der Waals surface area contributed by atoms with Crippen molar-refractivity contribution >= 4 is 52.4 Å². The van der Waals surface area contributed by atoms with E-state index in [0.29, 0.717) is 10.2 Å². The molecule has 26 heavy (non-hydrogen) atoms. The molecule has 1 N–H and O–H groups in total. The van der Waals surface area contributed by atoms with Crippen molar-refractivity contribution in [3.8, 4) is 0 Å². The zero-order valence-electron chi connectivity index (χ0n) is 13.9. The second-order valence-electron chi connectivity index (χ2n) is 5.62. The summed E-state index contributed by atoms with van der Waals surface area (Å²) in [7, 11) is 0. The summed E-state index contributed by atoms with van der Waals surface area (Å²) < 4.78 is 0. The number of aromatic amines is 1. The van der Waals surface area contributed by atoms with Crippen LogP contribution in [0.1, 0.15) is 12.7 Å². The topological polar surface area (TPSA) is 61.9 Å². The Morgan fingerprint density at radius 3 is 2.85 bits per heavy atom. The van der Waals surface area contributed by atoms with Gasteiger partial charge in [0.2, 0.25) is 11.1 Å². The van der Waals surface area contributed by atoms with E-state index in [1.807, 2.05) is 49.4 Å². The summed E-state index contributed by atoms with van der Waals surface area (Å²) >= 11 is 9.16. The molecule has 1 aliphatic rings. The first-order valence-electron chi connectivity index (χ1n) is 8.09. The number of aromatic nitrogens is 3. The zero-order chi connectivity index (χ0) is 18.1. The van der Waals surface area contributed by atoms with Crippen LogP contribution in [-0.2, 0) is 11.2 Å². The van der Waals surface area contributed by atoms with Crippen LogP contribution < -0.4 is 4.90 Å². The summed E-state index contributed by atoms with van der Waals surface area (Å²) in [6.45, 7) is 2.00. The number of hydrogen-bond acceptors (Lipinski definition) is 5. The Morgan fingerprint density at radius 1 is 1.23 bits per heavy atom. The van der Waals surface area contributed by atoms with Crippen molar-refractivity contribution in [2.75, 3.05) is 10.7 Å². The summed E-state index contributed by atoms with van der Waals surface area (Å²) in [5.41, 5.74) is 1.69. The van der Waals surface area contributed by atoms with E-state index in [1.54, 1.807) is 16.7 Å². The van der Waals surface area contributed by atoms with Gasteiger partial charge in [-0.2, -0.15) is 0 Å². The molecule has 3 aromatic rings. The number of carbonyl (C=O) groups is 1. The van der Waals surface area contributed by atoms with Gasteiger partial charge >= 0.3 is 0 Å². The molecule has 1 aromatic heterocycles. The van der Waals surface area contributed by atoms with E-state index >= 15 is 0 Å². The number of para-hydroxylation sites is 1. The number of amides is 1. The van der Waals surface area contributed by atoms with Gasteiger partial charge < -0.3 is 0 Å². The molecule has 0 atom stereocenters. The predicted octanol–water partition coefficient (Wildman–Crippen LogP) is 4.94. The predicted molar refractivity (Wildman–Crippen MR) is 106 cm³/mol. The monoisotopic (exact) mass is 402 g/mol. The Balaban J connectivity index is 1.64. The molecule has 0 bridgehead atoms. The number of thioether (sulfide) groups is 1. The van der Waals surface area contributed by atoms with Crippen LogP contribution in [0.3, 0.4) is 0 Å². The van der Waals surface area contributed by atoms with Crippen molar-refractivity contribution in [3.05, 3.63) is 53.3 Å². The first kappa shape index (κ1) is 17.5. The fourth-order valence-corrected chi connectivity index (χ4v) is 4.56. The van der Waals surface area contributed by atoms with Crippen molar-refractivity contribution in [1.82, 2.24) is 15.2 Å². The van der Waals surface area contributed by atoms with Gasteiger partial charge in [-0.15, -0.1) is 5.10 Å². The first-order valence-corrected chi connectivity index (χ1v) is 10.3. The molecule has 0 spiro atoms. The Bertz CT molecular complexity index is 975. The van der Waals surface area contributed by atoms with Gasteiger partial charge in [-0.25, -0.2) is 4.98 Å². The Labute approximate surface area is 164 Å². The highest BCUT2D eigenvalue weighted by Crippen LogP contribution is 2.48. The van der Waals surface area contributed by atoms with Crippen molar-refractivity contribution in [2.45, 2.75) is 28.3 Å². The average molecular weight is 403 g/mol. The molecule has 0 saturated heterocycles. The van der Waals surface area contributed by atoms with Crippen LogP contribution in [0.15, 0.2) is 57.4 Å². The van der Waals surface area contributed by atoms with Gasteiger partial charge in [0.1, 0.15) is 5.82 Å². The lowest BCUT2D eigenvalue weighted by molar-refractivity contribution is -0.115. The van der Waals surface area contributed by atoms with E-state index in [1.165, 1.54) is 11.8 Å². The normalized spacial score (nSPS) is 12.6. The number of benzene rings is 2. The minimum absolute atomic E-state index is 0.0332. The van der Waals surface area contributed by atoms with E-state index in [0.717, 1.165) is 33.4 Å². The Kier molecular flexibility index (Phi) is 4.93. The number of carbonyl (C=O) groups excluding carboxylic acids is 1. The van der Waals surface area contributed by atoms with Crippen LogP contribution in [0, 0.1) is 0 Å². The molecule has 1 aliphatic heterocycles. The second kappa shape index (κ2) is 7.34. The number of fused-ring (bicyclic) bond motifs is 2. The highest BCUT2D eigenvalue weighted by molar-refractivity contribution is 8.00. The van der Waals surface area contributed by atoms with E-state index in [-0.39, 0.29) is 11.7 Å². The van der Waals surface area contributed by atoms with Crippen LogP contribution in [0.5, 0.6) is 0 Å². The minimum Gasteiger partial charge on any atom is -0.278 e. The van der Waals surface area contributed by atoms with Crippen molar-refractivity contribution in [1.29, 1.82) is 0 Å². The number of hydrogen-bond donors (Lipinski definition) is 1. The molecule has 2 aromatic carbocycles. The van der Waals surface area contributed by atoms with Gasteiger partial charge in [0.05, 0.1) is 17.1 Å². The summed E-state index contributed by atoms with van der Waals surface area (Å²) in [5, 5.41) is 8.20. The smallest absolute Gasteiger partial charge is 0.242 e. The summed E-state index contributed by atoms with van der Waals surface area (Å²) in [6, 6.07) is 13.5. The van der Waals surface area contributed by atoms with Crippen molar-refractivity contribution < 1.29 is 4.79 Å². The van der Waals surface area contributed by atoms with Crippen LogP contribution in [0.2, 0.25) is 5.02 Å². The number of nitrogens with zero attached hydrogens (tertiary/aromatic N) is 3. The third kappa shape index (κ3) is 3.34. The van der Waals surface area contributed by atoms with Gasteiger partial charge in [-0.3, -0.25) is 14.8 Å². The van der Waals surface area contributed by atoms with Gasteiger partial charge in [-0.1, -0.05) is 54.2 Å².